The van der Waals surface area contributed by atoms with Crippen molar-refractivity contribution in [2.24, 2.45) is 4.99 Å². The van der Waals surface area contributed by atoms with E-state index in [-0.39, 0.29) is 16.6 Å². The zero-order valence-corrected chi connectivity index (χ0v) is 16.4. The molecule has 0 radical (unpaired) electrons. The molecular weight excluding hydrogens is 405 g/mol. The van der Waals surface area contributed by atoms with E-state index in [0.29, 0.717) is 11.1 Å². The molecule has 1 heterocycles. The van der Waals surface area contributed by atoms with E-state index >= 15 is 0 Å². The van der Waals surface area contributed by atoms with Crippen molar-refractivity contribution in [2.45, 2.75) is 13.1 Å². The van der Waals surface area contributed by atoms with Crippen LogP contribution >= 0.6 is 0 Å². The Morgan fingerprint density at radius 2 is 1.61 bits per heavy atom. The standard InChI is InChI=1S/C24H17F3N2O2/c1-15-9-11-17(12-10-15)28-14-21-19-7-2-3-8-20(19)22(30)29(23(21)31)18-6-4-5-16(13-18)24(25,26)27/h2-14,31H,1H3. The molecule has 0 unspecified atom stereocenters. The minimum atomic E-state index is -4.58. The second-order valence-electron chi connectivity index (χ2n) is 7.07. The van der Waals surface area contributed by atoms with Gasteiger partial charge in [-0.25, -0.2) is 4.57 Å². The number of aromatic nitrogens is 1. The summed E-state index contributed by atoms with van der Waals surface area (Å²) in [5, 5.41) is 11.6. The van der Waals surface area contributed by atoms with Crippen LogP contribution in [0, 0.1) is 6.92 Å². The van der Waals surface area contributed by atoms with Gasteiger partial charge in [-0.3, -0.25) is 9.79 Å². The van der Waals surface area contributed by atoms with Gasteiger partial charge in [-0.15, -0.1) is 0 Å². The number of hydrogen-bond donors (Lipinski definition) is 1. The van der Waals surface area contributed by atoms with Crippen LogP contribution in [0.1, 0.15) is 16.7 Å². The summed E-state index contributed by atoms with van der Waals surface area (Å²) >= 11 is 0. The van der Waals surface area contributed by atoms with Gasteiger partial charge in [0.05, 0.1) is 22.5 Å². The van der Waals surface area contributed by atoms with Crippen LogP contribution in [0.4, 0.5) is 18.9 Å². The maximum atomic E-state index is 13.2. The van der Waals surface area contributed by atoms with Crippen LogP contribution in [0.5, 0.6) is 5.88 Å². The van der Waals surface area contributed by atoms with Crippen LogP contribution in [0.15, 0.2) is 82.6 Å². The van der Waals surface area contributed by atoms with Crippen LogP contribution in [-0.2, 0) is 6.18 Å². The van der Waals surface area contributed by atoms with Crippen molar-refractivity contribution in [3.05, 3.63) is 99.8 Å². The molecule has 0 saturated heterocycles. The average Bonchev–Trinajstić information content (AvgIpc) is 2.75. The number of alkyl halides is 3. The van der Waals surface area contributed by atoms with Crippen molar-refractivity contribution in [1.82, 2.24) is 4.57 Å². The Morgan fingerprint density at radius 3 is 2.29 bits per heavy atom. The van der Waals surface area contributed by atoms with Crippen molar-refractivity contribution in [2.75, 3.05) is 0 Å². The number of aromatic hydroxyl groups is 1. The predicted molar refractivity (Wildman–Crippen MR) is 115 cm³/mol. The predicted octanol–water partition coefficient (Wildman–Crippen LogP) is 5.77. The summed E-state index contributed by atoms with van der Waals surface area (Å²) < 4.78 is 40.4. The third kappa shape index (κ3) is 3.94. The van der Waals surface area contributed by atoms with E-state index in [1.54, 1.807) is 36.4 Å². The molecule has 1 aromatic heterocycles. The molecule has 4 nitrogen and oxygen atoms in total. The van der Waals surface area contributed by atoms with E-state index in [9.17, 15) is 23.1 Å². The molecule has 31 heavy (non-hydrogen) atoms. The van der Waals surface area contributed by atoms with Gasteiger partial charge in [0.2, 0.25) is 5.88 Å². The summed E-state index contributed by atoms with van der Waals surface area (Å²) in [5.41, 5.74) is 0.289. The fourth-order valence-electron chi connectivity index (χ4n) is 3.32. The Bertz CT molecular complexity index is 1350. The highest BCUT2D eigenvalue weighted by molar-refractivity contribution is 6.02. The number of aryl methyl sites for hydroxylation is 1. The molecule has 7 heteroatoms. The van der Waals surface area contributed by atoms with Crippen LogP contribution in [-0.4, -0.2) is 15.9 Å². The van der Waals surface area contributed by atoms with Crippen molar-refractivity contribution < 1.29 is 18.3 Å². The Labute approximate surface area is 175 Å². The molecule has 0 aliphatic carbocycles. The van der Waals surface area contributed by atoms with E-state index in [1.807, 2.05) is 19.1 Å². The third-order valence-corrected chi connectivity index (χ3v) is 4.91. The van der Waals surface area contributed by atoms with E-state index < -0.39 is 23.2 Å². The quantitative estimate of drug-likeness (QED) is 0.426. The van der Waals surface area contributed by atoms with Crippen molar-refractivity contribution in [3.8, 4) is 11.6 Å². The molecule has 0 spiro atoms. The number of halogens is 3. The number of rotatable bonds is 3. The van der Waals surface area contributed by atoms with Gasteiger partial charge >= 0.3 is 6.18 Å². The molecule has 0 aliphatic rings. The highest BCUT2D eigenvalue weighted by Crippen LogP contribution is 2.32. The highest BCUT2D eigenvalue weighted by Gasteiger charge is 2.31. The van der Waals surface area contributed by atoms with Gasteiger partial charge in [-0.1, -0.05) is 42.0 Å². The summed E-state index contributed by atoms with van der Waals surface area (Å²) in [5.74, 6) is -0.487. The molecule has 0 bridgehead atoms. The second-order valence-corrected chi connectivity index (χ2v) is 7.07. The molecule has 0 atom stereocenters. The van der Waals surface area contributed by atoms with Crippen molar-refractivity contribution >= 4 is 22.7 Å². The van der Waals surface area contributed by atoms with Gasteiger partial charge in [0, 0.05) is 17.0 Å². The number of pyridine rings is 1. The normalized spacial score (nSPS) is 12.0. The molecule has 0 amide bonds. The van der Waals surface area contributed by atoms with Crippen LogP contribution < -0.4 is 5.56 Å². The van der Waals surface area contributed by atoms with Crippen molar-refractivity contribution in [3.63, 3.8) is 0 Å². The largest absolute Gasteiger partial charge is 0.494 e. The molecule has 4 rings (SSSR count). The zero-order chi connectivity index (χ0) is 22.2. The summed E-state index contributed by atoms with van der Waals surface area (Å²) in [6.45, 7) is 1.94. The number of aliphatic imine (C=N–C) groups is 1. The Kier molecular flexibility index (Phi) is 5.10. The average molecular weight is 422 g/mol. The highest BCUT2D eigenvalue weighted by atomic mass is 19.4. The monoisotopic (exact) mass is 422 g/mol. The lowest BCUT2D eigenvalue weighted by molar-refractivity contribution is -0.137. The molecular formula is C24H17F3N2O2. The fraction of sp³-hybridized carbons (Fsp3) is 0.0833. The summed E-state index contributed by atoms with van der Waals surface area (Å²) in [7, 11) is 0. The van der Waals surface area contributed by atoms with Crippen LogP contribution in [0.3, 0.4) is 0 Å². The first-order valence-corrected chi connectivity index (χ1v) is 9.41. The van der Waals surface area contributed by atoms with E-state index in [1.165, 1.54) is 18.3 Å². The summed E-state index contributed by atoms with van der Waals surface area (Å²) in [4.78, 5) is 17.4. The first-order chi connectivity index (χ1) is 14.8. The first-order valence-electron chi connectivity index (χ1n) is 9.41. The Hall–Kier alpha value is -3.87. The Morgan fingerprint density at radius 1 is 0.935 bits per heavy atom. The molecule has 156 valence electrons. The van der Waals surface area contributed by atoms with Crippen molar-refractivity contribution in [1.29, 1.82) is 0 Å². The van der Waals surface area contributed by atoms with E-state index in [2.05, 4.69) is 4.99 Å². The van der Waals surface area contributed by atoms with E-state index in [4.69, 9.17) is 0 Å². The first kappa shape index (κ1) is 20.4. The lowest BCUT2D eigenvalue weighted by atomic mass is 10.1. The molecule has 0 fully saturated rings. The third-order valence-electron chi connectivity index (χ3n) is 4.91. The molecule has 0 saturated carbocycles. The lowest BCUT2D eigenvalue weighted by Crippen LogP contribution is -2.20. The maximum Gasteiger partial charge on any atom is 0.416 e. The second kappa shape index (κ2) is 7.75. The van der Waals surface area contributed by atoms with Crippen LogP contribution in [0.25, 0.3) is 16.5 Å². The smallest absolute Gasteiger partial charge is 0.416 e. The van der Waals surface area contributed by atoms with Gasteiger partial charge in [0.15, 0.2) is 0 Å². The Balaban J connectivity index is 1.96. The molecule has 1 N–H and O–H groups in total. The number of nitrogens with zero attached hydrogens (tertiary/aromatic N) is 2. The zero-order valence-electron chi connectivity index (χ0n) is 16.4. The van der Waals surface area contributed by atoms with Gasteiger partial charge in [-0.2, -0.15) is 13.2 Å². The molecule has 0 aliphatic heterocycles. The topological polar surface area (TPSA) is 54.6 Å². The summed E-state index contributed by atoms with van der Waals surface area (Å²) in [6, 6.07) is 18.2. The molecule has 3 aromatic carbocycles. The van der Waals surface area contributed by atoms with Gasteiger partial charge in [0.1, 0.15) is 0 Å². The van der Waals surface area contributed by atoms with Crippen LogP contribution in [0.2, 0.25) is 0 Å². The number of hydrogen-bond acceptors (Lipinski definition) is 3. The van der Waals surface area contributed by atoms with Gasteiger partial charge < -0.3 is 5.11 Å². The SMILES string of the molecule is Cc1ccc(N=Cc2c(O)n(-c3cccc(C(F)(F)F)c3)c(=O)c3ccccc23)cc1. The van der Waals surface area contributed by atoms with Gasteiger partial charge in [-0.05, 0) is 43.3 Å². The van der Waals surface area contributed by atoms with Gasteiger partial charge in [0.25, 0.3) is 5.56 Å². The minimum absolute atomic E-state index is 0.0898. The fourth-order valence-corrected chi connectivity index (χ4v) is 3.32. The number of fused-ring (bicyclic) bond motifs is 1. The van der Waals surface area contributed by atoms with E-state index in [0.717, 1.165) is 22.3 Å². The number of benzene rings is 3. The summed E-state index contributed by atoms with van der Waals surface area (Å²) in [6.07, 6.45) is -3.17. The lowest BCUT2D eigenvalue weighted by Gasteiger charge is -2.15. The minimum Gasteiger partial charge on any atom is -0.494 e. The maximum absolute atomic E-state index is 13.2. The molecule has 4 aromatic rings.